The lowest BCUT2D eigenvalue weighted by atomic mass is 10.1. The summed E-state index contributed by atoms with van der Waals surface area (Å²) in [4.78, 5) is 11.6. The summed E-state index contributed by atoms with van der Waals surface area (Å²) in [7, 11) is 0. The van der Waals surface area contributed by atoms with E-state index in [1.54, 1.807) is 52.9 Å². The maximum atomic E-state index is 12.9. The molecule has 0 aliphatic heterocycles. The highest BCUT2D eigenvalue weighted by Crippen LogP contribution is 2.40. The summed E-state index contributed by atoms with van der Waals surface area (Å²) in [6.07, 6.45) is -5.73. The molecule has 1 aromatic carbocycles. The normalized spacial score (nSPS) is 13.7. The summed E-state index contributed by atoms with van der Waals surface area (Å²) in [6.45, 7) is 0.104. The van der Waals surface area contributed by atoms with Crippen LogP contribution in [0.25, 0.3) is 0 Å². The number of hydrogen-bond donors (Lipinski definition) is 0. The van der Waals surface area contributed by atoms with Gasteiger partial charge in [-0.25, -0.2) is 4.79 Å². The molecule has 1 rings (SSSR count). The SMILES string of the molecule is O=C(OCCCCC(I)CC(F)(F)C(F)(F)F)c1ccccc1. The van der Waals surface area contributed by atoms with Crippen LogP contribution in [0.5, 0.6) is 0 Å². The predicted octanol–water partition coefficient (Wildman–Crippen LogP) is 5.41. The van der Waals surface area contributed by atoms with Gasteiger partial charge in [-0.05, 0) is 31.4 Å². The zero-order chi connectivity index (χ0) is 17.5. The van der Waals surface area contributed by atoms with Gasteiger partial charge >= 0.3 is 18.1 Å². The van der Waals surface area contributed by atoms with Crippen LogP contribution in [0.4, 0.5) is 22.0 Å². The summed E-state index contributed by atoms with van der Waals surface area (Å²) >= 11 is 1.59. The molecule has 0 saturated carbocycles. The van der Waals surface area contributed by atoms with Crippen LogP contribution >= 0.6 is 22.6 Å². The van der Waals surface area contributed by atoms with Crippen molar-refractivity contribution in [2.45, 2.75) is 41.7 Å². The predicted molar refractivity (Wildman–Crippen MR) is 84.0 cm³/mol. The van der Waals surface area contributed by atoms with Gasteiger partial charge in [-0.15, -0.1) is 0 Å². The minimum Gasteiger partial charge on any atom is -0.462 e. The molecule has 130 valence electrons. The van der Waals surface area contributed by atoms with E-state index in [4.69, 9.17) is 4.74 Å². The molecular weight excluding hydrogens is 434 g/mol. The Bertz CT molecular complexity index is 490. The van der Waals surface area contributed by atoms with Crippen LogP contribution in [0, 0.1) is 0 Å². The van der Waals surface area contributed by atoms with Gasteiger partial charge in [-0.1, -0.05) is 40.8 Å². The van der Waals surface area contributed by atoms with Crippen LogP contribution in [0.2, 0.25) is 0 Å². The Morgan fingerprint density at radius 1 is 1.09 bits per heavy atom. The van der Waals surface area contributed by atoms with Crippen LogP contribution in [0.1, 0.15) is 36.0 Å². The Kier molecular flexibility index (Phi) is 7.69. The zero-order valence-corrected chi connectivity index (χ0v) is 14.2. The number of carbonyl (C=O) groups excluding carboxylic acids is 1. The van der Waals surface area contributed by atoms with Gasteiger partial charge in [-0.2, -0.15) is 22.0 Å². The second-order valence-electron chi connectivity index (χ2n) is 5.00. The van der Waals surface area contributed by atoms with E-state index in [0.29, 0.717) is 18.4 Å². The highest BCUT2D eigenvalue weighted by molar-refractivity contribution is 14.1. The third-order valence-corrected chi connectivity index (χ3v) is 4.11. The Hall–Kier alpha value is -0.930. The third-order valence-electron chi connectivity index (χ3n) is 3.05. The van der Waals surface area contributed by atoms with Crippen LogP contribution in [-0.4, -0.2) is 28.6 Å². The van der Waals surface area contributed by atoms with E-state index >= 15 is 0 Å². The summed E-state index contributed by atoms with van der Waals surface area (Å²) in [5.41, 5.74) is 0.407. The van der Waals surface area contributed by atoms with Gasteiger partial charge in [0.25, 0.3) is 0 Å². The molecule has 23 heavy (non-hydrogen) atoms. The van der Waals surface area contributed by atoms with E-state index in [9.17, 15) is 26.7 Å². The third kappa shape index (κ3) is 7.01. The molecule has 0 N–H and O–H groups in total. The van der Waals surface area contributed by atoms with Crippen LogP contribution in [-0.2, 0) is 4.74 Å². The fraction of sp³-hybridized carbons (Fsp3) is 0.533. The molecule has 0 fully saturated rings. The minimum atomic E-state index is -5.51. The van der Waals surface area contributed by atoms with Gasteiger partial charge in [-0.3, -0.25) is 0 Å². The first-order valence-corrected chi connectivity index (χ1v) is 8.19. The lowest BCUT2D eigenvalue weighted by Crippen LogP contribution is -2.38. The molecule has 8 heteroatoms. The van der Waals surface area contributed by atoms with Gasteiger partial charge in [0.05, 0.1) is 12.2 Å². The number of carbonyl (C=O) groups is 1. The van der Waals surface area contributed by atoms with Crippen molar-refractivity contribution < 1.29 is 31.5 Å². The quantitative estimate of drug-likeness (QED) is 0.174. The largest absolute Gasteiger partial charge is 0.462 e. The summed E-state index contributed by atoms with van der Waals surface area (Å²) in [6, 6.07) is 8.34. The van der Waals surface area contributed by atoms with Gasteiger partial charge in [0.1, 0.15) is 0 Å². The average molecular weight is 450 g/mol. The lowest BCUT2D eigenvalue weighted by Gasteiger charge is -2.22. The van der Waals surface area contributed by atoms with Gasteiger partial charge in [0.2, 0.25) is 0 Å². The highest BCUT2D eigenvalue weighted by Gasteiger charge is 2.57. The molecule has 1 atom stereocenters. The first kappa shape index (κ1) is 20.1. The number of alkyl halides is 6. The Morgan fingerprint density at radius 2 is 1.70 bits per heavy atom. The molecule has 0 spiro atoms. The standard InChI is InChI=1S/C15H16F5IO2/c16-14(17,15(18,19)20)10-12(21)8-4-5-9-23-13(22)11-6-2-1-3-7-11/h1-3,6-7,12H,4-5,8-10H2. The summed E-state index contributed by atoms with van der Waals surface area (Å²) < 4.78 is 66.1. The monoisotopic (exact) mass is 450 g/mol. The van der Waals surface area contributed by atoms with Crippen molar-refractivity contribution in [2.24, 2.45) is 0 Å². The van der Waals surface area contributed by atoms with E-state index in [2.05, 4.69) is 0 Å². The van der Waals surface area contributed by atoms with E-state index < -0.39 is 28.4 Å². The minimum absolute atomic E-state index is 0.104. The number of ether oxygens (including phenoxy) is 1. The topological polar surface area (TPSA) is 26.3 Å². The van der Waals surface area contributed by atoms with Crippen molar-refractivity contribution >= 4 is 28.6 Å². The van der Waals surface area contributed by atoms with Crippen molar-refractivity contribution in [3.05, 3.63) is 35.9 Å². The average Bonchev–Trinajstić information content (AvgIpc) is 2.46. The fourth-order valence-electron chi connectivity index (χ4n) is 1.79. The van der Waals surface area contributed by atoms with Crippen molar-refractivity contribution in [1.82, 2.24) is 0 Å². The number of unbranched alkanes of at least 4 members (excludes halogenated alkanes) is 1. The number of esters is 1. The smallest absolute Gasteiger partial charge is 0.453 e. The summed E-state index contributed by atoms with van der Waals surface area (Å²) in [5, 5.41) is 0. The number of rotatable bonds is 8. The molecule has 1 aromatic rings. The maximum Gasteiger partial charge on any atom is 0.453 e. The van der Waals surface area contributed by atoms with E-state index in [0.717, 1.165) is 0 Å². The molecule has 0 aromatic heterocycles. The van der Waals surface area contributed by atoms with Crippen LogP contribution in [0.3, 0.4) is 0 Å². The van der Waals surface area contributed by atoms with Gasteiger partial charge in [0.15, 0.2) is 0 Å². The van der Waals surface area contributed by atoms with Gasteiger partial charge < -0.3 is 4.74 Å². The molecule has 0 aliphatic carbocycles. The first-order valence-electron chi connectivity index (χ1n) is 6.94. The van der Waals surface area contributed by atoms with Crippen LogP contribution < -0.4 is 0 Å². The molecular formula is C15H16F5IO2. The first-order chi connectivity index (χ1) is 10.6. The summed E-state index contributed by atoms with van der Waals surface area (Å²) in [5.74, 6) is -5.15. The second-order valence-corrected chi connectivity index (χ2v) is 6.76. The Balaban J connectivity index is 2.21. The van der Waals surface area contributed by atoms with Crippen molar-refractivity contribution in [2.75, 3.05) is 6.61 Å². The molecule has 1 unspecified atom stereocenters. The Labute approximate surface area is 144 Å². The van der Waals surface area contributed by atoms with Crippen molar-refractivity contribution in [3.63, 3.8) is 0 Å². The number of hydrogen-bond acceptors (Lipinski definition) is 2. The number of halogens is 6. The molecule has 0 heterocycles. The Morgan fingerprint density at radius 3 is 2.26 bits per heavy atom. The lowest BCUT2D eigenvalue weighted by molar-refractivity contribution is -0.283. The number of benzene rings is 1. The fourth-order valence-corrected chi connectivity index (χ4v) is 2.78. The van der Waals surface area contributed by atoms with Crippen molar-refractivity contribution in [3.8, 4) is 0 Å². The molecule has 0 saturated heterocycles. The second kappa shape index (κ2) is 8.79. The molecule has 0 amide bonds. The van der Waals surface area contributed by atoms with E-state index in [1.807, 2.05) is 0 Å². The molecule has 0 radical (unpaired) electrons. The van der Waals surface area contributed by atoms with Crippen LogP contribution in [0.15, 0.2) is 30.3 Å². The van der Waals surface area contributed by atoms with E-state index in [1.165, 1.54) is 0 Å². The molecule has 0 aliphatic rings. The highest BCUT2D eigenvalue weighted by atomic mass is 127. The van der Waals surface area contributed by atoms with Gasteiger partial charge in [0, 0.05) is 10.3 Å². The van der Waals surface area contributed by atoms with Crippen molar-refractivity contribution in [1.29, 1.82) is 0 Å². The molecule has 2 nitrogen and oxygen atoms in total. The zero-order valence-electron chi connectivity index (χ0n) is 12.1. The molecule has 0 bridgehead atoms. The maximum absolute atomic E-state index is 12.9. The van der Waals surface area contributed by atoms with E-state index in [-0.39, 0.29) is 13.0 Å².